The Morgan fingerprint density at radius 2 is 1.59 bits per heavy atom. The summed E-state index contributed by atoms with van der Waals surface area (Å²) < 4.78 is 14.4. The van der Waals surface area contributed by atoms with Gasteiger partial charge in [0.25, 0.3) is 7.37 Å². The van der Waals surface area contributed by atoms with Crippen molar-refractivity contribution in [1.82, 2.24) is 0 Å². The Morgan fingerprint density at radius 3 is 2.09 bits per heavy atom. The van der Waals surface area contributed by atoms with Crippen LogP contribution in [0.3, 0.4) is 0 Å². The fourth-order valence-electron chi connectivity index (χ4n) is 1.94. The molecule has 114 valence electrons. The van der Waals surface area contributed by atoms with Crippen molar-refractivity contribution in [2.45, 2.75) is 5.78 Å². The fraction of sp³-hybridized carbons (Fsp3) is 0.0625. The quantitative estimate of drug-likeness (QED) is 0.448. The summed E-state index contributed by atoms with van der Waals surface area (Å²) in [5.41, 5.74) is 3.88. The van der Waals surface area contributed by atoms with E-state index in [1.165, 1.54) is 0 Å². The van der Waals surface area contributed by atoms with Gasteiger partial charge in [0.15, 0.2) is 0 Å². The van der Waals surface area contributed by atoms with Crippen molar-refractivity contribution in [2.24, 2.45) is 0 Å². The molecule has 0 fully saturated rings. The second kappa shape index (κ2) is 7.45. The van der Waals surface area contributed by atoms with Crippen molar-refractivity contribution in [3.8, 4) is 0 Å². The maximum absolute atomic E-state index is 12.6. The molecule has 0 spiro atoms. The maximum Gasteiger partial charge on any atom is 0.256 e. The van der Waals surface area contributed by atoms with Gasteiger partial charge in [-0.1, -0.05) is 50.6 Å². The van der Waals surface area contributed by atoms with E-state index < -0.39 is 13.2 Å². The molecular formula is C16H14Br2NO2P. The van der Waals surface area contributed by atoms with E-state index in [1.54, 1.807) is 12.1 Å². The normalized spacial score (nSPS) is 14.5. The first kappa shape index (κ1) is 17.3. The molecule has 2 N–H and O–H groups in total. The monoisotopic (exact) mass is 441 g/mol. The first-order chi connectivity index (χ1) is 10.4. The lowest BCUT2D eigenvalue weighted by molar-refractivity contribution is 0.479. The molecule has 0 amide bonds. The van der Waals surface area contributed by atoms with Crippen LogP contribution >= 0.6 is 39.2 Å². The van der Waals surface area contributed by atoms with Gasteiger partial charge in [0, 0.05) is 20.4 Å². The minimum Gasteiger partial charge on any atom is -0.370 e. The van der Waals surface area contributed by atoms with Gasteiger partial charge in [-0.05, 0) is 42.0 Å². The molecule has 0 heterocycles. The zero-order valence-corrected chi connectivity index (χ0v) is 15.6. The van der Waals surface area contributed by atoms with Crippen molar-refractivity contribution in [3.63, 3.8) is 0 Å². The summed E-state index contributed by atoms with van der Waals surface area (Å²) >= 11 is 6.73. The molecule has 6 heteroatoms. The molecule has 0 saturated heterocycles. The van der Waals surface area contributed by atoms with Gasteiger partial charge in [-0.3, -0.25) is 4.57 Å². The van der Waals surface area contributed by atoms with Crippen molar-refractivity contribution in [1.29, 1.82) is 0 Å². The Balaban J connectivity index is 2.41. The van der Waals surface area contributed by atoms with E-state index in [1.807, 2.05) is 36.4 Å². The average molecular weight is 443 g/mol. The molecule has 0 aromatic heterocycles. The van der Waals surface area contributed by atoms with Gasteiger partial charge in [-0.15, -0.1) is 5.73 Å². The molecule has 0 aliphatic heterocycles. The molecule has 2 rings (SSSR count). The highest BCUT2D eigenvalue weighted by molar-refractivity contribution is 9.10. The Kier molecular flexibility index (Phi) is 5.85. The van der Waals surface area contributed by atoms with Gasteiger partial charge in [-0.2, -0.15) is 0 Å². The molecular weight excluding hydrogens is 429 g/mol. The number of halogens is 2. The predicted octanol–water partition coefficient (Wildman–Crippen LogP) is 5.89. The van der Waals surface area contributed by atoms with Crippen LogP contribution in [0, 0.1) is 0 Å². The minimum atomic E-state index is -3.65. The van der Waals surface area contributed by atoms with Crippen LogP contribution in [0.1, 0.15) is 11.3 Å². The number of hydrogen-bond acceptors (Lipinski definition) is 2. The topological polar surface area (TPSA) is 49.3 Å². The summed E-state index contributed by atoms with van der Waals surface area (Å²) in [7, 11) is -3.65. The van der Waals surface area contributed by atoms with Crippen LogP contribution in [0.5, 0.6) is 0 Å². The van der Waals surface area contributed by atoms with E-state index in [4.69, 9.17) is 0 Å². The number of hydrogen-bond donors (Lipinski definition) is 2. The molecule has 0 radical (unpaired) electrons. The van der Waals surface area contributed by atoms with E-state index in [9.17, 15) is 9.46 Å². The first-order valence-electron chi connectivity index (χ1n) is 6.39. The molecule has 0 aliphatic rings. The average Bonchev–Trinajstić information content (AvgIpc) is 2.47. The fourth-order valence-corrected chi connectivity index (χ4v) is 3.82. The third kappa shape index (κ3) is 4.45. The lowest BCUT2D eigenvalue weighted by Gasteiger charge is -2.23. The molecule has 2 aromatic rings. The Bertz CT molecular complexity index is 738. The number of rotatable bonds is 5. The summed E-state index contributed by atoms with van der Waals surface area (Å²) in [6, 6.07) is 14.7. The molecule has 0 aliphatic carbocycles. The lowest BCUT2D eigenvalue weighted by atomic mass is 10.2. The highest BCUT2D eigenvalue weighted by atomic mass is 79.9. The maximum atomic E-state index is 12.6. The highest BCUT2D eigenvalue weighted by Gasteiger charge is 2.30. The van der Waals surface area contributed by atoms with Crippen LogP contribution in [0.15, 0.2) is 75.6 Å². The second-order valence-electron chi connectivity index (χ2n) is 4.61. The van der Waals surface area contributed by atoms with Gasteiger partial charge in [0.05, 0.1) is 0 Å². The smallest absolute Gasteiger partial charge is 0.256 e. The number of anilines is 1. The summed E-state index contributed by atoms with van der Waals surface area (Å²) in [6.07, 6.45) is 0. The minimum absolute atomic E-state index is 0.712. The van der Waals surface area contributed by atoms with Gasteiger partial charge < -0.3 is 10.2 Å². The van der Waals surface area contributed by atoms with E-state index >= 15 is 0 Å². The summed E-state index contributed by atoms with van der Waals surface area (Å²) in [5, 5.41) is 3.12. The summed E-state index contributed by atoms with van der Waals surface area (Å²) in [5.74, 6) is 0.363. The summed E-state index contributed by atoms with van der Waals surface area (Å²) in [6.45, 7) is 3.40. The summed E-state index contributed by atoms with van der Waals surface area (Å²) in [4.78, 5) is 10.3. The molecule has 2 unspecified atom stereocenters. The largest absolute Gasteiger partial charge is 0.370 e. The molecule has 0 bridgehead atoms. The third-order valence-corrected chi connectivity index (χ3v) is 5.76. The van der Waals surface area contributed by atoms with Crippen LogP contribution in [-0.4, -0.2) is 4.89 Å². The van der Waals surface area contributed by atoms with E-state index in [2.05, 4.69) is 49.5 Å². The predicted molar refractivity (Wildman–Crippen MR) is 98.2 cm³/mol. The van der Waals surface area contributed by atoms with Gasteiger partial charge in [0.2, 0.25) is 0 Å². The first-order valence-corrected chi connectivity index (χ1v) is 9.77. The van der Waals surface area contributed by atoms with E-state index in [0.29, 0.717) is 5.56 Å². The van der Waals surface area contributed by atoms with Crippen molar-refractivity contribution in [3.05, 3.63) is 81.2 Å². The van der Waals surface area contributed by atoms with Gasteiger partial charge in [-0.25, -0.2) is 0 Å². The number of nitrogens with one attached hydrogen (secondary N) is 1. The molecule has 2 atom stereocenters. The zero-order chi connectivity index (χ0) is 16.2. The van der Waals surface area contributed by atoms with Crippen LogP contribution < -0.4 is 5.32 Å². The van der Waals surface area contributed by atoms with E-state index in [-0.39, 0.29) is 0 Å². The van der Waals surface area contributed by atoms with Crippen molar-refractivity contribution >= 4 is 44.9 Å². The van der Waals surface area contributed by atoms with Crippen molar-refractivity contribution in [2.75, 3.05) is 5.32 Å². The lowest BCUT2D eigenvalue weighted by Crippen LogP contribution is -2.10. The zero-order valence-electron chi connectivity index (χ0n) is 11.5. The molecule has 22 heavy (non-hydrogen) atoms. The molecule has 0 saturated carbocycles. The Hall–Kier alpha value is -1.09. The van der Waals surface area contributed by atoms with Gasteiger partial charge >= 0.3 is 0 Å². The Labute approximate surface area is 146 Å². The van der Waals surface area contributed by atoms with Crippen LogP contribution in [0.4, 0.5) is 5.69 Å². The second-order valence-corrected chi connectivity index (χ2v) is 8.56. The van der Waals surface area contributed by atoms with Crippen LogP contribution in [0.25, 0.3) is 0 Å². The number of benzene rings is 2. The van der Waals surface area contributed by atoms with Crippen LogP contribution in [-0.2, 0) is 4.57 Å². The Morgan fingerprint density at radius 1 is 1.09 bits per heavy atom. The van der Waals surface area contributed by atoms with Crippen LogP contribution in [0.2, 0.25) is 0 Å². The highest BCUT2D eigenvalue weighted by Crippen LogP contribution is 2.56. The van der Waals surface area contributed by atoms with Crippen molar-refractivity contribution < 1.29 is 9.46 Å². The standard InChI is InChI=1S/C16H14Br2NO2P/c1-2-11-22(20,21)16(12-3-5-13(17)6-4-12)19-15-9-7-14(18)8-10-15/h3-11,16,19H,1H2,(H,20,21). The molecule has 3 nitrogen and oxygen atoms in total. The SMILES string of the molecule is C=C=CP(=O)(O)C(Nc1ccc(Br)cc1)c1ccc(Br)cc1. The van der Waals surface area contributed by atoms with E-state index in [0.717, 1.165) is 20.4 Å². The third-order valence-electron chi connectivity index (χ3n) is 2.98. The molecule has 2 aromatic carbocycles. The van der Waals surface area contributed by atoms with Gasteiger partial charge in [0.1, 0.15) is 5.78 Å².